The monoisotopic (exact) mass is 1570 g/mol. The number of barbiturate groups is 3. The van der Waals surface area contributed by atoms with Crippen LogP contribution in [0.3, 0.4) is 0 Å². The number of ether oxygens (including phenoxy) is 6. The van der Waals surface area contributed by atoms with Gasteiger partial charge in [0.15, 0.2) is 50.9 Å². The van der Waals surface area contributed by atoms with Crippen LogP contribution in [0.15, 0.2) is 31.8 Å². The lowest BCUT2D eigenvalue weighted by atomic mass is 9.66. The normalized spacial score (nSPS) is 28.8. The number of nitrogens with zero attached hydrogens (tertiary/aromatic N) is 9. The second-order valence-corrected chi connectivity index (χ2v) is 29.8. The largest absolute Gasteiger partial charge is 0.447 e. The number of benzene rings is 3. The number of aliphatic hydroxyl groups is 1. The van der Waals surface area contributed by atoms with Gasteiger partial charge < -0.3 is 61.8 Å². The molecular formula is C69H70ClF4N15O22. The number of morpholine rings is 3. The quantitative estimate of drug-likeness (QED) is 0.0607. The molecule has 9 fully saturated rings. The number of anilines is 6. The summed E-state index contributed by atoms with van der Waals surface area (Å²) >= 11 is 6.84. The highest BCUT2D eigenvalue weighted by atomic mass is 35.5. The molecule has 12 aliphatic heterocycles. The summed E-state index contributed by atoms with van der Waals surface area (Å²) in [5, 5.41) is 35.3. The Hall–Kier alpha value is -11.0. The molecule has 3 spiro atoms. The van der Waals surface area contributed by atoms with Crippen molar-refractivity contribution < 1.29 is 122 Å². The van der Waals surface area contributed by atoms with E-state index in [1.165, 1.54) is 15.9 Å². The minimum absolute atomic E-state index is 0.000621. The Morgan fingerprint density at radius 3 is 1.23 bits per heavy atom. The number of carbonyl (C=O) groups is 12. The van der Waals surface area contributed by atoms with Gasteiger partial charge in [-0.2, -0.15) is 0 Å². The first-order valence-electron chi connectivity index (χ1n) is 35.7. The van der Waals surface area contributed by atoms with E-state index in [0.29, 0.717) is 40.7 Å². The number of rotatable bonds is 9. The van der Waals surface area contributed by atoms with Crippen LogP contribution in [0.2, 0.25) is 5.02 Å². The van der Waals surface area contributed by atoms with E-state index in [0.717, 1.165) is 4.90 Å². The van der Waals surface area contributed by atoms with Crippen molar-refractivity contribution in [2.75, 3.05) is 88.7 Å². The summed E-state index contributed by atoms with van der Waals surface area (Å²) in [6.07, 6.45) is -5.94. The number of cyclic esters (lactones) is 3. The molecule has 15 heterocycles. The standard InChI is InChI=1S/C24H25F2N5O7.C23H24FN5O8.C22H21ClFN5O7/c1-10-8-30-16-12(7-24(18(30)11(2)37-10)20(32)27-22(34)28-21(24)33)6-14-17(15(16)26)38-29-19(14)31-13(4-3-5-25)9-36-23(31)35;1-9-7-28-15-11(6-23(17(28)10(2)36-9)19(31)25-21(33)26-20(23)32)5-13-16(14(15)24)37-27-18(13)29-12(3-4-30)8-35-22(29)34;1-8-6-28-14-10(4-22(16(28)9(2)34-8)18(30)25-20(32)26-19(22)31)3-12-15(13(14)23)36-27-17(12)29-7-11(5-24)35-21(29)33/h6,10-11,13,18H,3-5,7-9H2,1-2H3,(H2,27,28,32,33,34);5,9-10,12,17,30H,3-4,6-8H2,1-2H3,(H2,25,26,31,32,33);3,8-9,11,16H,4-7H2,1-2H3,(H2,25,26,30,31,32)/t10-,11+,13+,18-;9-,10+,12+,17-;8-,9+,11-,16-/m111/s1. The van der Waals surface area contributed by atoms with Gasteiger partial charge in [-0.25, -0.2) is 41.9 Å². The second-order valence-electron chi connectivity index (χ2n) is 29.5. The van der Waals surface area contributed by atoms with Gasteiger partial charge in [-0.05, 0) is 102 Å². The summed E-state index contributed by atoms with van der Waals surface area (Å²) in [4.78, 5) is 162. The van der Waals surface area contributed by atoms with Gasteiger partial charge in [-0.15, -0.1) is 0 Å². The number of urea groups is 3. The second kappa shape index (κ2) is 27.2. The van der Waals surface area contributed by atoms with Gasteiger partial charge in [-0.1, -0.05) is 27.1 Å². The summed E-state index contributed by atoms with van der Waals surface area (Å²) < 4.78 is 108. The zero-order valence-corrected chi connectivity index (χ0v) is 60.5. The Morgan fingerprint density at radius 1 is 0.495 bits per heavy atom. The minimum atomic E-state index is -1.80. The molecule has 15 amide bonds. The molecule has 6 aromatic rings. The van der Waals surface area contributed by atoms with E-state index >= 15 is 8.78 Å². The van der Waals surface area contributed by atoms with E-state index in [1.54, 1.807) is 56.6 Å². The van der Waals surface area contributed by atoms with Crippen LogP contribution in [0.1, 0.15) is 77.5 Å². The maximum absolute atomic E-state index is 16.2. The van der Waals surface area contributed by atoms with E-state index in [-0.39, 0.29) is 151 Å². The highest BCUT2D eigenvalue weighted by Crippen LogP contribution is 2.55. The summed E-state index contributed by atoms with van der Waals surface area (Å²) in [7, 11) is 0. The molecule has 0 unspecified atom stereocenters. The van der Waals surface area contributed by atoms with Crippen molar-refractivity contribution in [1.82, 2.24) is 47.4 Å². The van der Waals surface area contributed by atoms with Gasteiger partial charge in [0.1, 0.15) is 31.0 Å². The van der Waals surface area contributed by atoms with Crippen LogP contribution in [-0.4, -0.2) is 225 Å². The van der Waals surface area contributed by atoms with Gasteiger partial charge in [-0.3, -0.25) is 79.8 Å². The van der Waals surface area contributed by atoms with Crippen molar-refractivity contribution in [3.05, 3.63) is 51.5 Å². The topological polar surface area (TPSA) is 450 Å². The smallest absolute Gasteiger partial charge is 0.416 e. The average Bonchev–Trinajstić information content (AvgIpc) is 1.60. The molecule has 0 radical (unpaired) electrons. The molecule has 588 valence electrons. The molecule has 111 heavy (non-hydrogen) atoms. The van der Waals surface area contributed by atoms with E-state index in [2.05, 4.69) is 47.4 Å². The van der Waals surface area contributed by atoms with E-state index in [9.17, 15) is 71.4 Å². The van der Waals surface area contributed by atoms with Gasteiger partial charge in [0, 0.05) is 39.1 Å². The van der Waals surface area contributed by atoms with Crippen LogP contribution in [0.5, 0.6) is 0 Å². The lowest BCUT2D eigenvalue weighted by Crippen LogP contribution is -2.75. The number of carbonyl (C=O) groups excluding carboxylic acids is 12. The molecule has 37 nitrogen and oxygen atoms in total. The lowest BCUT2D eigenvalue weighted by Gasteiger charge is -2.55. The fourth-order valence-electron chi connectivity index (χ4n) is 18.5. The molecule has 0 bridgehead atoms. The first kappa shape index (κ1) is 74.1. The van der Waals surface area contributed by atoms with Gasteiger partial charge in [0.2, 0.25) is 46.6 Å². The van der Waals surface area contributed by atoms with E-state index in [1.807, 2.05) is 11.8 Å². The summed E-state index contributed by atoms with van der Waals surface area (Å²) in [6.45, 7) is 9.55. The number of hydrogen-bond donors (Lipinski definition) is 7. The fourth-order valence-corrected chi connectivity index (χ4v) is 18.8. The third-order valence-electron chi connectivity index (χ3n) is 22.7. The van der Waals surface area contributed by atoms with E-state index in [4.69, 9.17) is 53.6 Å². The van der Waals surface area contributed by atoms with Crippen molar-refractivity contribution in [3.63, 3.8) is 0 Å². The Morgan fingerprint density at radius 2 is 0.856 bits per heavy atom. The zero-order chi connectivity index (χ0) is 78.7. The number of nitrogens with one attached hydrogen (secondary N) is 6. The number of aromatic nitrogens is 3. The van der Waals surface area contributed by atoms with Crippen LogP contribution < -0.4 is 61.3 Å². The summed E-state index contributed by atoms with van der Waals surface area (Å²) in [5.41, 5.74) is -3.56. The molecule has 0 saturated carbocycles. The molecule has 0 aliphatic carbocycles. The predicted octanol–water partition coefficient (Wildman–Crippen LogP) is 4.16. The highest BCUT2D eigenvalue weighted by molar-refractivity contribution is 6.38. The Kier molecular flexibility index (Phi) is 18.1. The predicted molar refractivity (Wildman–Crippen MR) is 370 cm³/mol. The molecule has 12 aliphatic rings. The maximum atomic E-state index is 16.2. The van der Waals surface area contributed by atoms with Crippen LogP contribution in [0.4, 0.5) is 80.8 Å². The molecule has 3 aromatic heterocycles. The van der Waals surface area contributed by atoms with Crippen molar-refractivity contribution in [3.8, 4) is 0 Å². The van der Waals surface area contributed by atoms with Gasteiger partial charge in [0.05, 0.1) is 113 Å². The third-order valence-corrected chi connectivity index (χ3v) is 23.0. The third kappa shape index (κ3) is 11.2. The number of alkyl halides is 2. The SMILES string of the molecule is C[C@@H]1CN2c3c(cc4c(N5C(=O)OC[C@@H]5CCCF)noc4c3F)CC3(C(=O)NC(=O)NC3=O)[C@H]2[C@H](C)O1.C[C@@H]1CN2c3c(cc4c(N5C(=O)OC[C@@H]5CCO)noc4c3F)CC3(C(=O)NC(=O)NC3=O)[C@H]2[C@H](C)O1.C[C@@H]1CN2c3c(cc4c(N5C[C@@H](CF)OC5=O)noc4c3Cl)CC3(C(=O)NC(=O)NC3=O)[C@H]2[C@H](C)O1. The minimum Gasteiger partial charge on any atom is -0.447 e. The number of halogens is 5. The fraction of sp³-hybridized carbons (Fsp3) is 0.522. The van der Waals surface area contributed by atoms with E-state index < -0.39 is 168 Å². The lowest BCUT2D eigenvalue weighted by molar-refractivity contribution is -0.154. The number of fused-ring (bicyclic) bond motifs is 15. The van der Waals surface area contributed by atoms with Crippen molar-refractivity contribution >= 4 is 151 Å². The Labute approximate surface area is 627 Å². The van der Waals surface area contributed by atoms with Crippen LogP contribution >= 0.6 is 11.6 Å². The van der Waals surface area contributed by atoms with Gasteiger partial charge in [0.25, 0.3) is 0 Å². The Balaban J connectivity index is 0.000000126. The number of amides is 15. The Bertz CT molecular complexity index is 5000. The molecule has 42 heteroatoms. The molecule has 18 rings (SSSR count). The zero-order valence-electron chi connectivity index (χ0n) is 59.7. The average molecular weight is 1570 g/mol. The van der Waals surface area contributed by atoms with Crippen LogP contribution in [0.25, 0.3) is 32.9 Å². The highest BCUT2D eigenvalue weighted by Gasteiger charge is 2.67. The molecule has 7 N–H and O–H groups in total. The van der Waals surface area contributed by atoms with Crippen molar-refractivity contribution in [2.24, 2.45) is 16.2 Å². The van der Waals surface area contributed by atoms with Crippen molar-refractivity contribution in [1.29, 1.82) is 0 Å². The summed E-state index contributed by atoms with van der Waals surface area (Å²) in [5.74, 6) is -6.13. The number of imide groups is 6. The number of aliphatic hydroxyl groups excluding tert-OH is 1. The van der Waals surface area contributed by atoms with Crippen LogP contribution in [-0.2, 0) is 76.5 Å². The molecule has 12 atom stereocenters. The maximum Gasteiger partial charge on any atom is 0.416 e. The first-order valence-corrected chi connectivity index (χ1v) is 36.1. The van der Waals surface area contributed by atoms with Crippen molar-refractivity contribution in [2.45, 2.75) is 153 Å². The molecule has 9 saturated heterocycles. The first-order chi connectivity index (χ1) is 53.0. The molecular weight excluding hydrogens is 1500 g/mol. The van der Waals surface area contributed by atoms with Crippen LogP contribution in [0, 0.1) is 27.9 Å². The molecule has 3 aromatic carbocycles. The van der Waals surface area contributed by atoms with Gasteiger partial charge >= 0.3 is 36.4 Å². The summed E-state index contributed by atoms with van der Waals surface area (Å²) in [6, 6.07) is -1.70. The number of hydrogen-bond acceptors (Lipinski definition) is 28.